The van der Waals surface area contributed by atoms with Gasteiger partial charge in [0, 0.05) is 38.4 Å². The summed E-state index contributed by atoms with van der Waals surface area (Å²) in [5.41, 5.74) is 6.31. The number of rotatable bonds is 2. The fraction of sp³-hybridized carbons (Fsp3) is 0.625. The van der Waals surface area contributed by atoms with E-state index >= 15 is 0 Å². The summed E-state index contributed by atoms with van der Waals surface area (Å²) >= 11 is 0. The first-order valence-corrected chi connectivity index (χ1v) is 7.73. The van der Waals surface area contributed by atoms with Crippen molar-refractivity contribution in [3.8, 4) is 0 Å². The molecule has 3 nitrogen and oxygen atoms in total. The van der Waals surface area contributed by atoms with Gasteiger partial charge in [-0.15, -0.1) is 0 Å². The molecule has 0 amide bonds. The molecule has 3 heterocycles. The number of likely N-dealkylation sites (tertiary alicyclic amines) is 1. The number of nitrogens with one attached hydrogen (secondary N) is 1. The Morgan fingerprint density at radius 2 is 1.95 bits per heavy atom. The fourth-order valence-electron chi connectivity index (χ4n) is 3.89. The average Bonchev–Trinajstić information content (AvgIpc) is 3.02. The Bertz CT molecular complexity index is 477. The third-order valence-electron chi connectivity index (χ3n) is 4.88. The van der Waals surface area contributed by atoms with Gasteiger partial charge in [-0.2, -0.15) is 0 Å². The summed E-state index contributed by atoms with van der Waals surface area (Å²) in [6, 6.07) is 4.75. The van der Waals surface area contributed by atoms with E-state index in [1.54, 1.807) is 16.8 Å². The van der Waals surface area contributed by atoms with Gasteiger partial charge in [0.15, 0.2) is 0 Å². The van der Waals surface area contributed by atoms with Crippen LogP contribution >= 0.6 is 0 Å². The molecule has 1 fully saturated rings. The maximum Gasteiger partial charge on any atom is 0.0448 e. The Hall–Kier alpha value is -1.06. The molecular formula is C16H23N3. The molecule has 0 bridgehead atoms. The third kappa shape index (κ3) is 2.05. The second-order valence-corrected chi connectivity index (χ2v) is 6.11. The van der Waals surface area contributed by atoms with E-state index in [0.29, 0.717) is 0 Å². The lowest BCUT2D eigenvalue weighted by Gasteiger charge is -2.21. The van der Waals surface area contributed by atoms with E-state index in [4.69, 9.17) is 0 Å². The van der Waals surface area contributed by atoms with Crippen LogP contribution in [0, 0.1) is 0 Å². The number of benzene rings is 1. The summed E-state index contributed by atoms with van der Waals surface area (Å²) in [5, 5.41) is 3.54. The fourth-order valence-corrected chi connectivity index (χ4v) is 3.89. The van der Waals surface area contributed by atoms with Gasteiger partial charge in [0.05, 0.1) is 0 Å². The van der Waals surface area contributed by atoms with E-state index in [9.17, 15) is 0 Å². The van der Waals surface area contributed by atoms with E-state index in [-0.39, 0.29) is 0 Å². The molecule has 0 radical (unpaired) electrons. The van der Waals surface area contributed by atoms with E-state index in [0.717, 1.165) is 13.1 Å². The Morgan fingerprint density at radius 3 is 2.84 bits per heavy atom. The van der Waals surface area contributed by atoms with E-state index in [1.165, 1.54) is 57.5 Å². The van der Waals surface area contributed by atoms with Gasteiger partial charge in [-0.25, -0.2) is 0 Å². The maximum atomic E-state index is 3.54. The van der Waals surface area contributed by atoms with Crippen molar-refractivity contribution in [3.05, 3.63) is 28.8 Å². The van der Waals surface area contributed by atoms with Crippen LogP contribution in [0.25, 0.3) is 0 Å². The summed E-state index contributed by atoms with van der Waals surface area (Å²) in [5.74, 6) is 0. The second-order valence-electron chi connectivity index (χ2n) is 6.11. The standard InChI is InChI=1S/C16H23N3/c1-2-8-18(7-1)12-14-4-3-13-11-17-6-10-19-9-5-15(14)16(13)19/h3-4,17H,1-2,5-12H2. The molecule has 1 aromatic carbocycles. The molecule has 3 aliphatic rings. The minimum Gasteiger partial charge on any atom is -0.369 e. The molecule has 0 spiro atoms. The lowest BCUT2D eigenvalue weighted by molar-refractivity contribution is 0.330. The van der Waals surface area contributed by atoms with Gasteiger partial charge >= 0.3 is 0 Å². The number of hydrogen-bond acceptors (Lipinski definition) is 3. The smallest absolute Gasteiger partial charge is 0.0448 e. The molecule has 102 valence electrons. The van der Waals surface area contributed by atoms with Crippen LogP contribution in [-0.2, 0) is 19.5 Å². The van der Waals surface area contributed by atoms with Crippen molar-refractivity contribution in [2.45, 2.75) is 32.4 Å². The van der Waals surface area contributed by atoms with E-state index in [1.807, 2.05) is 0 Å². The summed E-state index contributed by atoms with van der Waals surface area (Å²) in [6.07, 6.45) is 4.03. The van der Waals surface area contributed by atoms with Gasteiger partial charge in [-0.3, -0.25) is 4.90 Å². The number of anilines is 1. The monoisotopic (exact) mass is 257 g/mol. The molecule has 3 heteroatoms. The first kappa shape index (κ1) is 11.7. The van der Waals surface area contributed by atoms with Crippen LogP contribution in [0.1, 0.15) is 29.5 Å². The molecule has 0 saturated carbocycles. The molecule has 0 unspecified atom stereocenters. The molecule has 1 N–H and O–H groups in total. The molecular weight excluding hydrogens is 234 g/mol. The Kier molecular flexibility index (Phi) is 2.97. The van der Waals surface area contributed by atoms with Crippen molar-refractivity contribution >= 4 is 5.69 Å². The molecule has 19 heavy (non-hydrogen) atoms. The zero-order chi connectivity index (χ0) is 12.7. The van der Waals surface area contributed by atoms with Crippen LogP contribution in [0.3, 0.4) is 0 Å². The Balaban J connectivity index is 1.68. The Morgan fingerprint density at radius 1 is 1.05 bits per heavy atom. The molecule has 3 aliphatic heterocycles. The predicted octanol–water partition coefficient (Wildman–Crippen LogP) is 1.75. The molecule has 4 rings (SSSR count). The van der Waals surface area contributed by atoms with Crippen LogP contribution < -0.4 is 10.2 Å². The van der Waals surface area contributed by atoms with Gasteiger partial charge in [0.1, 0.15) is 0 Å². The van der Waals surface area contributed by atoms with Crippen LogP contribution in [0.15, 0.2) is 12.1 Å². The van der Waals surface area contributed by atoms with Crippen molar-refractivity contribution < 1.29 is 0 Å². The van der Waals surface area contributed by atoms with Gasteiger partial charge in [-0.05, 0) is 49.0 Å². The van der Waals surface area contributed by atoms with Crippen LogP contribution in [0.4, 0.5) is 5.69 Å². The van der Waals surface area contributed by atoms with Gasteiger partial charge in [0.2, 0.25) is 0 Å². The largest absolute Gasteiger partial charge is 0.369 e. The van der Waals surface area contributed by atoms with Crippen LogP contribution in [0.5, 0.6) is 0 Å². The molecule has 0 aromatic heterocycles. The van der Waals surface area contributed by atoms with Crippen LogP contribution in [0.2, 0.25) is 0 Å². The van der Waals surface area contributed by atoms with Crippen molar-refractivity contribution in [1.82, 2.24) is 10.2 Å². The zero-order valence-electron chi connectivity index (χ0n) is 11.6. The maximum absolute atomic E-state index is 3.54. The van der Waals surface area contributed by atoms with Crippen molar-refractivity contribution in [1.29, 1.82) is 0 Å². The number of nitrogens with zero attached hydrogens (tertiary/aromatic N) is 2. The highest BCUT2D eigenvalue weighted by Crippen LogP contribution is 2.36. The highest BCUT2D eigenvalue weighted by Gasteiger charge is 2.27. The first-order valence-electron chi connectivity index (χ1n) is 7.73. The molecule has 0 atom stereocenters. The Labute approximate surface area is 115 Å². The van der Waals surface area contributed by atoms with Crippen molar-refractivity contribution in [2.24, 2.45) is 0 Å². The highest BCUT2D eigenvalue weighted by molar-refractivity contribution is 5.66. The zero-order valence-corrected chi connectivity index (χ0v) is 11.6. The molecule has 1 saturated heterocycles. The van der Waals surface area contributed by atoms with Crippen LogP contribution in [-0.4, -0.2) is 37.6 Å². The molecule has 0 aliphatic carbocycles. The summed E-state index contributed by atoms with van der Waals surface area (Å²) in [7, 11) is 0. The average molecular weight is 257 g/mol. The van der Waals surface area contributed by atoms with E-state index < -0.39 is 0 Å². The lowest BCUT2D eigenvalue weighted by atomic mass is 10.00. The quantitative estimate of drug-likeness (QED) is 0.871. The lowest BCUT2D eigenvalue weighted by Crippen LogP contribution is -2.27. The summed E-state index contributed by atoms with van der Waals surface area (Å²) in [4.78, 5) is 5.22. The topological polar surface area (TPSA) is 18.5 Å². The summed E-state index contributed by atoms with van der Waals surface area (Å²) < 4.78 is 0. The third-order valence-corrected chi connectivity index (χ3v) is 4.88. The van der Waals surface area contributed by atoms with Gasteiger partial charge < -0.3 is 10.2 Å². The van der Waals surface area contributed by atoms with Crippen molar-refractivity contribution in [3.63, 3.8) is 0 Å². The number of hydrogen-bond donors (Lipinski definition) is 1. The predicted molar refractivity (Wildman–Crippen MR) is 78.6 cm³/mol. The summed E-state index contributed by atoms with van der Waals surface area (Å²) in [6.45, 7) is 8.32. The van der Waals surface area contributed by atoms with Crippen molar-refractivity contribution in [2.75, 3.05) is 37.6 Å². The minimum atomic E-state index is 1.04. The van der Waals surface area contributed by atoms with Gasteiger partial charge in [0.25, 0.3) is 0 Å². The van der Waals surface area contributed by atoms with Gasteiger partial charge in [-0.1, -0.05) is 12.1 Å². The highest BCUT2D eigenvalue weighted by atomic mass is 15.2. The second kappa shape index (κ2) is 4.80. The first-order chi connectivity index (χ1) is 9.42. The normalized spacial score (nSPS) is 22.6. The van der Waals surface area contributed by atoms with E-state index in [2.05, 4.69) is 27.2 Å². The molecule has 1 aromatic rings. The minimum absolute atomic E-state index is 1.04. The SMILES string of the molecule is c1cc2c3c(c1CN1CCCC1)CCN3CCNC2.